The second kappa shape index (κ2) is 37.0. The zero-order chi connectivity index (χ0) is 72.4. The quantitative estimate of drug-likeness (QED) is 0.0468. The molecule has 544 valence electrons. The number of aliphatic hydroxyl groups is 1. The van der Waals surface area contributed by atoms with Crippen LogP contribution in [0.1, 0.15) is 120 Å². The molecule has 0 spiro atoms. The monoisotopic (exact) mass is 1440 g/mol. The maximum Gasteiger partial charge on any atom is 0.338 e. The van der Waals surface area contributed by atoms with Gasteiger partial charge in [0.05, 0.1) is 11.0 Å². The van der Waals surface area contributed by atoms with E-state index in [0.29, 0.717) is 19.3 Å². The van der Waals surface area contributed by atoms with Crippen LogP contribution in [0.15, 0.2) is 30.3 Å². The average molecular weight is 1450 g/mol. The number of amides is 2. The van der Waals surface area contributed by atoms with Crippen LogP contribution in [0.3, 0.4) is 0 Å². The van der Waals surface area contributed by atoms with Crippen LogP contribution in [0.5, 0.6) is 0 Å². The Hall–Kier alpha value is -6.63. The number of ether oxygens (including phenoxy) is 18. The predicted molar refractivity (Wildman–Crippen MR) is 324 cm³/mol. The molecule has 4 saturated heterocycles. The number of carbonyl (C=O) groups excluding carboxylic acids is 12. The fourth-order valence-corrected chi connectivity index (χ4v) is 10.6. The number of hydrogen-bond acceptors (Lipinski definition) is 31. The van der Waals surface area contributed by atoms with Crippen LogP contribution in [-0.2, 0) is 138 Å². The molecule has 5 rings (SSSR count). The highest BCUT2D eigenvalue weighted by Gasteiger charge is 2.61. The predicted octanol–water partition coefficient (Wildman–Crippen LogP) is 2.13. The fourth-order valence-electron chi connectivity index (χ4n) is 10.4. The van der Waals surface area contributed by atoms with Gasteiger partial charge in [0.15, 0.2) is 61.8 Å². The van der Waals surface area contributed by atoms with E-state index in [0.717, 1.165) is 62.3 Å². The van der Waals surface area contributed by atoms with E-state index in [1.54, 1.807) is 6.07 Å². The Bertz CT molecular complexity index is 2910. The van der Waals surface area contributed by atoms with Crippen molar-refractivity contribution in [3.63, 3.8) is 0 Å². The molecule has 20 atom stereocenters. The fraction of sp³-hybridized carbons (Fsp3) is 0.705. The molecule has 97 heavy (non-hydrogen) atoms. The Morgan fingerprint density at radius 1 is 0.454 bits per heavy atom. The van der Waals surface area contributed by atoms with E-state index >= 15 is 0 Å². The van der Waals surface area contributed by atoms with Gasteiger partial charge in [0.2, 0.25) is 5.91 Å². The minimum atomic E-state index is -2.81. The lowest BCUT2D eigenvalue weighted by Crippen LogP contribution is -2.71. The zero-order valence-electron chi connectivity index (χ0n) is 55.4. The summed E-state index contributed by atoms with van der Waals surface area (Å²) in [4.78, 5) is 159. The Labute approximate surface area is 572 Å². The third kappa shape index (κ3) is 24.4. The van der Waals surface area contributed by atoms with Gasteiger partial charge < -0.3 is 101 Å². The molecule has 36 heteroatoms. The van der Waals surface area contributed by atoms with Crippen LogP contribution in [0.25, 0.3) is 0 Å². The third-order valence-electron chi connectivity index (χ3n) is 14.4. The van der Waals surface area contributed by atoms with Crippen molar-refractivity contribution >= 4 is 106 Å². The Balaban J connectivity index is 1.88. The average Bonchev–Trinajstić information content (AvgIpc) is 0.763. The van der Waals surface area contributed by atoms with Gasteiger partial charge in [-0.05, 0) is 39.3 Å². The molecule has 4 aliphatic rings. The number of rotatable bonds is 28. The first-order valence-electron chi connectivity index (χ1n) is 30.6. The number of unbranched alkanes of at least 4 members (excludes halogenated alkanes) is 2. The van der Waals surface area contributed by atoms with E-state index < -0.39 is 230 Å². The molecule has 0 saturated carbocycles. The lowest BCUT2D eigenvalue weighted by molar-refractivity contribution is -0.384. The number of esters is 10. The summed E-state index contributed by atoms with van der Waals surface area (Å²) in [5.74, 6) is -12.3. The van der Waals surface area contributed by atoms with Gasteiger partial charge in [0.1, 0.15) is 87.3 Å². The zero-order valence-corrected chi connectivity index (χ0v) is 57.7. The second-order valence-corrected chi connectivity index (χ2v) is 25.9. The van der Waals surface area contributed by atoms with Gasteiger partial charge in [-0.25, -0.2) is 4.79 Å². The van der Waals surface area contributed by atoms with E-state index in [-0.39, 0.29) is 12.2 Å². The van der Waals surface area contributed by atoms with Crippen molar-refractivity contribution in [1.29, 1.82) is 0 Å². The highest BCUT2D eigenvalue weighted by atomic mass is 35.6. The summed E-state index contributed by atoms with van der Waals surface area (Å²) in [5, 5.41) is 17.2. The molecular formula is C61H83Cl3N2O31. The van der Waals surface area contributed by atoms with Crippen molar-refractivity contribution in [3.8, 4) is 0 Å². The van der Waals surface area contributed by atoms with Crippen LogP contribution >= 0.6 is 34.8 Å². The van der Waals surface area contributed by atoms with Gasteiger partial charge in [-0.1, -0.05) is 72.8 Å². The van der Waals surface area contributed by atoms with Crippen molar-refractivity contribution in [2.75, 3.05) is 33.0 Å². The standard InChI is InChI=1S/C61H83Cl3N2O31/c1-14-15-19-22-80-54-42(65-27(2)67)48(96-57-51(89-34(9)74)49(88-33(8)73)46(86-31(6)71)38(93-57)24-82-29(4)69)45(39(91-54)25-83-53(77)36-20-17-16-18-21-36)95-56-52(90-35(10)75)50(47(87-32(7)72)40(94-56)26-84-59(79)60(11,12)13)97-55-41(66-58(78)61(62,63)64)43(76)44(85-30(5)70)37(92-55)23-81-28(3)68/h16-18,20-21,37-52,54-57,76H,14-15,19,22-26H2,1-13H3,(H,65,67)(H,66,78)/t37-,38-,39-,40-,41-,42-,43-,44-,45-,46+,47+,48-,49+,50+,51-,52-,54-,55+,56+,57+/m1/s1. The Kier molecular flexibility index (Phi) is 30.9. The molecule has 2 amide bonds. The lowest BCUT2D eigenvalue weighted by atomic mass is 9.93. The van der Waals surface area contributed by atoms with E-state index in [2.05, 4.69) is 10.6 Å². The van der Waals surface area contributed by atoms with Crippen LogP contribution in [0.2, 0.25) is 0 Å². The third-order valence-corrected chi connectivity index (χ3v) is 14.9. The molecule has 0 radical (unpaired) electrons. The summed E-state index contributed by atoms with van der Waals surface area (Å²) in [7, 11) is 0. The van der Waals surface area contributed by atoms with Crippen molar-refractivity contribution in [2.24, 2.45) is 5.41 Å². The maximum absolute atomic E-state index is 14.0. The van der Waals surface area contributed by atoms with Gasteiger partial charge in [-0.15, -0.1) is 0 Å². The SMILES string of the molecule is CCCCCO[C@@H]1O[C@H](COC(=O)c2ccccc2)[C@@H](O[C@@H]2O[C@H](COC(=O)C(C)(C)C)[C@H](OC(C)=O)[C@H](O[C@@H]3O[C@H](COC(C)=O)[C@@H](OC(C)=O)[C@H](O)[C@H]3NC(=O)C(Cl)(Cl)Cl)[C@H]2OC(C)=O)[C@H](O[C@@H]2O[C@H](COC(C)=O)[C@H](OC(C)=O)[C@H](OC(C)=O)[C@H]2OC(C)=O)[C@H]1NC(C)=O. The van der Waals surface area contributed by atoms with Gasteiger partial charge in [-0.2, -0.15) is 0 Å². The van der Waals surface area contributed by atoms with E-state index in [9.17, 15) is 62.6 Å². The number of nitrogens with one attached hydrogen (secondary N) is 2. The molecule has 4 fully saturated rings. The van der Waals surface area contributed by atoms with E-state index in [4.69, 9.17) is 120 Å². The first-order valence-corrected chi connectivity index (χ1v) is 31.8. The smallest absolute Gasteiger partial charge is 0.338 e. The van der Waals surface area contributed by atoms with Crippen molar-refractivity contribution < 1.29 is 148 Å². The number of benzene rings is 1. The number of aliphatic hydroxyl groups excluding tert-OH is 1. The van der Waals surface area contributed by atoms with Crippen LogP contribution in [0.4, 0.5) is 0 Å². The van der Waals surface area contributed by atoms with Gasteiger partial charge in [-0.3, -0.25) is 52.7 Å². The molecule has 3 N–H and O–H groups in total. The summed E-state index contributed by atoms with van der Waals surface area (Å²) < 4.78 is 107. The minimum Gasteiger partial charge on any atom is -0.463 e. The molecule has 1 aromatic carbocycles. The molecule has 33 nitrogen and oxygen atoms in total. The molecule has 1 aromatic rings. The van der Waals surface area contributed by atoms with Crippen molar-refractivity contribution in [1.82, 2.24) is 10.6 Å². The van der Waals surface area contributed by atoms with E-state index in [1.165, 1.54) is 45.0 Å². The number of alkyl halides is 3. The maximum atomic E-state index is 14.0. The summed E-state index contributed by atoms with van der Waals surface area (Å²) in [6.07, 6.45) is -33.7. The first-order chi connectivity index (χ1) is 45.4. The minimum absolute atomic E-state index is 0.0203. The lowest BCUT2D eigenvalue weighted by Gasteiger charge is -2.52. The van der Waals surface area contributed by atoms with Crippen LogP contribution in [0, 0.1) is 5.41 Å². The number of carbonyl (C=O) groups is 12. The normalized spacial score (nSPS) is 30.3. The molecular weight excluding hydrogens is 1360 g/mol. The van der Waals surface area contributed by atoms with Gasteiger partial charge in [0, 0.05) is 68.9 Å². The molecule has 0 unspecified atom stereocenters. The highest BCUT2D eigenvalue weighted by Crippen LogP contribution is 2.40. The largest absolute Gasteiger partial charge is 0.463 e. The van der Waals surface area contributed by atoms with Crippen molar-refractivity contribution in [3.05, 3.63) is 35.9 Å². The van der Waals surface area contributed by atoms with E-state index in [1.807, 2.05) is 6.92 Å². The number of hydrogen-bond donors (Lipinski definition) is 3. The second-order valence-electron chi connectivity index (χ2n) is 23.6. The molecule has 0 aliphatic carbocycles. The summed E-state index contributed by atoms with van der Waals surface area (Å²) >= 11 is 18.1. The summed E-state index contributed by atoms with van der Waals surface area (Å²) in [5.41, 5.74) is -1.23. The Morgan fingerprint density at radius 2 is 0.866 bits per heavy atom. The molecule has 0 bridgehead atoms. The van der Waals surface area contributed by atoms with Crippen molar-refractivity contribution in [2.45, 2.75) is 236 Å². The molecule has 4 aliphatic heterocycles. The highest BCUT2D eigenvalue weighted by molar-refractivity contribution is 6.76. The number of halogens is 3. The van der Waals surface area contributed by atoms with Crippen LogP contribution in [-0.4, -0.2) is 236 Å². The van der Waals surface area contributed by atoms with Gasteiger partial charge in [0.25, 0.3) is 9.70 Å². The summed E-state index contributed by atoms with van der Waals surface area (Å²) in [6.45, 7) is 11.8. The topological polar surface area (TPSA) is 415 Å². The first kappa shape index (κ1) is 81.0. The molecule has 0 aromatic heterocycles. The summed E-state index contributed by atoms with van der Waals surface area (Å²) in [6, 6.07) is 3.78. The van der Waals surface area contributed by atoms with Crippen LogP contribution < -0.4 is 10.6 Å². The molecule has 4 heterocycles. The van der Waals surface area contributed by atoms with Gasteiger partial charge >= 0.3 is 59.7 Å². The Morgan fingerprint density at radius 3 is 1.35 bits per heavy atom.